The Bertz CT molecular complexity index is 722. The molecule has 0 unspecified atom stereocenters. The van der Waals surface area contributed by atoms with Crippen molar-refractivity contribution in [3.8, 4) is 0 Å². The molecule has 1 fully saturated rings. The number of benzene rings is 1. The molecular formula is C16H26IN5O3S. The van der Waals surface area contributed by atoms with Crippen molar-refractivity contribution in [2.24, 2.45) is 10.1 Å². The highest BCUT2D eigenvalue weighted by atomic mass is 127. The molecule has 0 spiro atoms. The van der Waals surface area contributed by atoms with Crippen molar-refractivity contribution in [3.05, 3.63) is 29.8 Å². The quantitative estimate of drug-likeness (QED) is 0.294. The van der Waals surface area contributed by atoms with E-state index in [0.29, 0.717) is 25.5 Å². The summed E-state index contributed by atoms with van der Waals surface area (Å²) in [6, 6.07) is 7.74. The number of halogens is 1. The fourth-order valence-electron chi connectivity index (χ4n) is 2.53. The third-order valence-electron chi connectivity index (χ3n) is 3.76. The smallest absolute Gasteiger partial charge is 0.227 e. The summed E-state index contributed by atoms with van der Waals surface area (Å²) in [5, 5.41) is 11.0. The Hall–Kier alpha value is -1.40. The molecule has 0 aromatic heterocycles. The van der Waals surface area contributed by atoms with Crippen LogP contribution in [0.4, 0.5) is 5.69 Å². The van der Waals surface area contributed by atoms with Gasteiger partial charge in [-0.25, -0.2) is 18.5 Å². The number of rotatable bonds is 7. The molecule has 0 saturated carbocycles. The van der Waals surface area contributed by atoms with Gasteiger partial charge >= 0.3 is 0 Å². The van der Waals surface area contributed by atoms with Crippen LogP contribution in [-0.2, 0) is 21.4 Å². The molecule has 1 aliphatic heterocycles. The van der Waals surface area contributed by atoms with Crippen LogP contribution in [0.1, 0.15) is 25.3 Å². The minimum atomic E-state index is -3.50. The van der Waals surface area contributed by atoms with E-state index < -0.39 is 10.0 Å². The van der Waals surface area contributed by atoms with Crippen LogP contribution in [-0.4, -0.2) is 45.7 Å². The molecule has 0 atom stereocenters. The molecule has 26 heavy (non-hydrogen) atoms. The number of anilines is 1. The summed E-state index contributed by atoms with van der Waals surface area (Å²) in [5.74, 6) is 0.542. The first kappa shape index (κ1) is 22.6. The summed E-state index contributed by atoms with van der Waals surface area (Å²) < 4.78 is 21.9. The Morgan fingerprint density at radius 1 is 1.27 bits per heavy atom. The monoisotopic (exact) mass is 495 g/mol. The molecule has 1 aromatic carbocycles. The van der Waals surface area contributed by atoms with Gasteiger partial charge < -0.3 is 15.5 Å². The van der Waals surface area contributed by atoms with E-state index in [1.807, 2.05) is 31.2 Å². The van der Waals surface area contributed by atoms with Crippen molar-refractivity contribution in [1.29, 1.82) is 0 Å². The van der Waals surface area contributed by atoms with Gasteiger partial charge in [0.15, 0.2) is 5.96 Å². The van der Waals surface area contributed by atoms with Crippen LogP contribution in [0.25, 0.3) is 0 Å². The number of guanidine groups is 1. The molecule has 0 aliphatic carbocycles. The number of amides is 1. The lowest BCUT2D eigenvalue weighted by atomic mass is 10.2. The Morgan fingerprint density at radius 2 is 1.96 bits per heavy atom. The molecule has 4 N–H and O–H groups in total. The van der Waals surface area contributed by atoms with E-state index in [9.17, 15) is 13.2 Å². The molecule has 0 bridgehead atoms. The highest BCUT2D eigenvalue weighted by Gasteiger charge is 2.21. The van der Waals surface area contributed by atoms with Crippen LogP contribution in [0.15, 0.2) is 29.3 Å². The molecule has 1 saturated heterocycles. The normalized spacial score (nSPS) is 14.9. The van der Waals surface area contributed by atoms with E-state index in [1.54, 1.807) is 4.90 Å². The second-order valence-corrected chi connectivity index (χ2v) is 7.54. The highest BCUT2D eigenvalue weighted by Crippen LogP contribution is 2.21. The van der Waals surface area contributed by atoms with Crippen LogP contribution in [0.3, 0.4) is 0 Å². The summed E-state index contributed by atoms with van der Waals surface area (Å²) in [7, 11) is -3.50. The van der Waals surface area contributed by atoms with Gasteiger partial charge in [0, 0.05) is 31.7 Å². The lowest BCUT2D eigenvalue weighted by molar-refractivity contribution is -0.117. The molecule has 1 heterocycles. The minimum absolute atomic E-state index is 0. The maximum Gasteiger partial charge on any atom is 0.227 e. The molecule has 1 aromatic rings. The van der Waals surface area contributed by atoms with Gasteiger partial charge in [0.2, 0.25) is 15.9 Å². The third kappa shape index (κ3) is 7.46. The largest absolute Gasteiger partial charge is 0.357 e. The summed E-state index contributed by atoms with van der Waals surface area (Å²) in [5.41, 5.74) is 1.91. The van der Waals surface area contributed by atoms with Gasteiger partial charge in [0.25, 0.3) is 0 Å². The Balaban J connectivity index is 0.00000338. The Kier molecular flexibility index (Phi) is 9.30. The number of carbonyl (C=O) groups is 1. The van der Waals surface area contributed by atoms with Crippen LogP contribution >= 0.6 is 24.0 Å². The first-order valence-corrected chi connectivity index (χ1v) is 10.0. The topological polar surface area (TPSA) is 117 Å². The molecule has 0 radical (unpaired) electrons. The number of hydrogen-bond acceptors (Lipinski definition) is 4. The maximum absolute atomic E-state index is 11.8. The summed E-state index contributed by atoms with van der Waals surface area (Å²) in [6.45, 7) is 4.00. The zero-order chi connectivity index (χ0) is 18.3. The Labute approximate surface area is 171 Å². The molecule has 1 aliphatic rings. The van der Waals surface area contributed by atoms with Gasteiger partial charge in [-0.15, -0.1) is 24.0 Å². The van der Waals surface area contributed by atoms with E-state index in [1.165, 1.54) is 0 Å². The standard InChI is InChI=1S/C16H25N5O3S.HI/c1-2-18-16(19-9-11-25(17,23)24)20-12-13-5-7-14(8-6-13)21-10-3-4-15(21)22;/h5-8H,2-4,9-12H2,1H3,(H2,17,23,24)(H2,18,19,20);1H. The number of carbonyl (C=O) groups excluding carboxylic acids is 1. The molecule has 8 nitrogen and oxygen atoms in total. The number of nitrogens with two attached hydrogens (primary N) is 1. The van der Waals surface area contributed by atoms with Gasteiger partial charge in [0.1, 0.15) is 0 Å². The average molecular weight is 495 g/mol. The third-order valence-corrected chi connectivity index (χ3v) is 4.54. The molecule has 2 rings (SSSR count). The number of nitrogens with one attached hydrogen (secondary N) is 2. The van der Waals surface area contributed by atoms with Gasteiger partial charge in [0.05, 0.1) is 12.3 Å². The number of aliphatic imine (C=N–C) groups is 1. The summed E-state index contributed by atoms with van der Waals surface area (Å²) in [4.78, 5) is 18.0. The van der Waals surface area contributed by atoms with E-state index >= 15 is 0 Å². The van der Waals surface area contributed by atoms with E-state index in [2.05, 4.69) is 15.6 Å². The van der Waals surface area contributed by atoms with E-state index in [-0.39, 0.29) is 42.2 Å². The molecule has 10 heteroatoms. The van der Waals surface area contributed by atoms with Gasteiger partial charge in [-0.2, -0.15) is 0 Å². The highest BCUT2D eigenvalue weighted by molar-refractivity contribution is 14.0. The average Bonchev–Trinajstić information content (AvgIpc) is 2.98. The summed E-state index contributed by atoms with van der Waals surface area (Å²) >= 11 is 0. The number of sulfonamides is 1. The number of primary sulfonamides is 1. The first-order valence-electron chi connectivity index (χ1n) is 8.31. The van der Waals surface area contributed by atoms with Crippen molar-refractivity contribution in [1.82, 2.24) is 10.6 Å². The zero-order valence-corrected chi connectivity index (χ0v) is 17.9. The second-order valence-electron chi connectivity index (χ2n) is 5.80. The van der Waals surface area contributed by atoms with Gasteiger partial charge in [-0.05, 0) is 31.0 Å². The minimum Gasteiger partial charge on any atom is -0.357 e. The van der Waals surface area contributed by atoms with Crippen molar-refractivity contribution in [2.45, 2.75) is 26.3 Å². The first-order chi connectivity index (χ1) is 11.9. The molecular weight excluding hydrogens is 469 g/mol. The number of hydrogen-bond donors (Lipinski definition) is 3. The van der Waals surface area contributed by atoms with Crippen molar-refractivity contribution < 1.29 is 13.2 Å². The lowest BCUT2D eigenvalue weighted by Crippen LogP contribution is -2.40. The fraction of sp³-hybridized carbons (Fsp3) is 0.500. The zero-order valence-electron chi connectivity index (χ0n) is 14.8. The van der Waals surface area contributed by atoms with Gasteiger partial charge in [-0.1, -0.05) is 12.1 Å². The predicted molar refractivity (Wildman–Crippen MR) is 114 cm³/mol. The fourth-order valence-corrected chi connectivity index (χ4v) is 2.91. The predicted octanol–water partition coefficient (Wildman–Crippen LogP) is 0.775. The van der Waals surface area contributed by atoms with Crippen molar-refractivity contribution in [2.75, 3.05) is 30.3 Å². The number of nitrogens with zero attached hydrogens (tertiary/aromatic N) is 2. The Morgan fingerprint density at radius 3 is 2.50 bits per heavy atom. The second kappa shape index (κ2) is 10.7. The summed E-state index contributed by atoms with van der Waals surface area (Å²) in [6.07, 6.45) is 1.52. The van der Waals surface area contributed by atoms with Crippen LogP contribution in [0.2, 0.25) is 0 Å². The molecule has 146 valence electrons. The van der Waals surface area contributed by atoms with Crippen LogP contribution < -0.4 is 20.7 Å². The maximum atomic E-state index is 11.8. The van der Waals surface area contributed by atoms with Gasteiger partial charge in [-0.3, -0.25) is 4.79 Å². The van der Waals surface area contributed by atoms with E-state index in [0.717, 1.165) is 24.2 Å². The van der Waals surface area contributed by atoms with Crippen molar-refractivity contribution >= 4 is 51.6 Å². The van der Waals surface area contributed by atoms with Crippen LogP contribution in [0, 0.1) is 0 Å². The SMILES string of the molecule is CCNC(=NCc1ccc(N2CCCC2=O)cc1)NCCS(N)(=O)=O.I. The van der Waals surface area contributed by atoms with E-state index in [4.69, 9.17) is 5.14 Å². The molecule has 1 amide bonds. The lowest BCUT2D eigenvalue weighted by Gasteiger charge is -2.15. The van der Waals surface area contributed by atoms with Crippen molar-refractivity contribution in [3.63, 3.8) is 0 Å². The van der Waals surface area contributed by atoms with Crippen LogP contribution in [0.5, 0.6) is 0 Å².